The number of carboxylic acid groups (broad SMARTS) is 1. The number of methoxy groups -OCH3 is 1. The fourth-order valence-corrected chi connectivity index (χ4v) is 1.90. The lowest BCUT2D eigenvalue weighted by molar-refractivity contribution is -0.145. The number of likely N-dealkylation sites (tertiary alicyclic amines) is 1. The van der Waals surface area contributed by atoms with Crippen molar-refractivity contribution in [3.8, 4) is 0 Å². The monoisotopic (exact) mass is 201 g/mol. The highest BCUT2D eigenvalue weighted by Crippen LogP contribution is 2.25. The van der Waals surface area contributed by atoms with E-state index in [0.29, 0.717) is 6.54 Å². The van der Waals surface area contributed by atoms with Crippen LogP contribution in [0.1, 0.15) is 26.7 Å². The molecule has 82 valence electrons. The number of carbonyl (C=O) groups is 1. The molecule has 0 aromatic heterocycles. The standard InChI is InChI=1S/C10H19NO3/c1-8(9(12)13)11-6-4-5-10(2,7-11)14-3/h8H,4-7H2,1-3H3,(H,12,13). The average Bonchev–Trinajstić information content (AvgIpc) is 2.16. The van der Waals surface area contributed by atoms with E-state index in [-0.39, 0.29) is 5.60 Å². The highest BCUT2D eigenvalue weighted by molar-refractivity contribution is 5.72. The van der Waals surface area contributed by atoms with Crippen molar-refractivity contribution in [3.63, 3.8) is 0 Å². The molecule has 0 aromatic rings. The molecule has 1 fully saturated rings. The van der Waals surface area contributed by atoms with Gasteiger partial charge in [-0.05, 0) is 33.2 Å². The van der Waals surface area contributed by atoms with Crippen molar-refractivity contribution < 1.29 is 14.6 Å². The van der Waals surface area contributed by atoms with E-state index in [4.69, 9.17) is 9.84 Å². The van der Waals surface area contributed by atoms with Crippen molar-refractivity contribution in [1.82, 2.24) is 4.90 Å². The Morgan fingerprint density at radius 2 is 2.29 bits per heavy atom. The lowest BCUT2D eigenvalue weighted by atomic mass is 9.94. The van der Waals surface area contributed by atoms with Crippen LogP contribution in [-0.4, -0.2) is 47.8 Å². The molecule has 1 N–H and O–H groups in total. The Kier molecular flexibility index (Phi) is 3.50. The Hall–Kier alpha value is -0.610. The summed E-state index contributed by atoms with van der Waals surface area (Å²) in [7, 11) is 1.69. The molecule has 4 nitrogen and oxygen atoms in total. The molecular weight excluding hydrogens is 182 g/mol. The van der Waals surface area contributed by atoms with Gasteiger partial charge in [-0.2, -0.15) is 0 Å². The van der Waals surface area contributed by atoms with Crippen molar-refractivity contribution in [3.05, 3.63) is 0 Å². The zero-order chi connectivity index (χ0) is 10.8. The van der Waals surface area contributed by atoms with Gasteiger partial charge in [0.15, 0.2) is 0 Å². The number of hydrogen-bond acceptors (Lipinski definition) is 3. The van der Waals surface area contributed by atoms with Gasteiger partial charge in [-0.3, -0.25) is 9.69 Å². The summed E-state index contributed by atoms with van der Waals surface area (Å²) in [5.74, 6) is -0.759. The molecule has 0 radical (unpaired) electrons. The average molecular weight is 201 g/mol. The molecule has 0 aromatic carbocycles. The first-order valence-corrected chi connectivity index (χ1v) is 5.00. The molecule has 0 amide bonds. The van der Waals surface area contributed by atoms with E-state index in [1.165, 1.54) is 0 Å². The third-order valence-electron chi connectivity index (χ3n) is 3.09. The molecule has 0 spiro atoms. The van der Waals surface area contributed by atoms with E-state index < -0.39 is 12.0 Å². The molecule has 1 saturated heterocycles. The summed E-state index contributed by atoms with van der Waals surface area (Å²) >= 11 is 0. The van der Waals surface area contributed by atoms with Crippen LogP contribution in [0.25, 0.3) is 0 Å². The van der Waals surface area contributed by atoms with Gasteiger partial charge in [-0.15, -0.1) is 0 Å². The van der Waals surface area contributed by atoms with Gasteiger partial charge in [0.25, 0.3) is 0 Å². The molecular formula is C10H19NO3. The number of ether oxygens (including phenoxy) is 1. The summed E-state index contributed by atoms with van der Waals surface area (Å²) < 4.78 is 5.40. The Labute approximate surface area is 84.8 Å². The molecule has 14 heavy (non-hydrogen) atoms. The van der Waals surface area contributed by atoms with E-state index in [1.54, 1.807) is 14.0 Å². The third kappa shape index (κ3) is 2.45. The van der Waals surface area contributed by atoms with Gasteiger partial charge in [0, 0.05) is 13.7 Å². The predicted molar refractivity (Wildman–Crippen MR) is 53.3 cm³/mol. The van der Waals surface area contributed by atoms with E-state index in [9.17, 15) is 4.79 Å². The molecule has 2 unspecified atom stereocenters. The van der Waals surface area contributed by atoms with Gasteiger partial charge in [0.2, 0.25) is 0 Å². The van der Waals surface area contributed by atoms with E-state index in [2.05, 4.69) is 0 Å². The van der Waals surface area contributed by atoms with Crippen LogP contribution >= 0.6 is 0 Å². The summed E-state index contributed by atoms with van der Waals surface area (Å²) in [5, 5.41) is 8.89. The van der Waals surface area contributed by atoms with Gasteiger partial charge >= 0.3 is 5.97 Å². The van der Waals surface area contributed by atoms with Gasteiger partial charge in [-0.25, -0.2) is 0 Å². The quantitative estimate of drug-likeness (QED) is 0.739. The summed E-state index contributed by atoms with van der Waals surface area (Å²) in [6.45, 7) is 5.32. The van der Waals surface area contributed by atoms with Gasteiger partial charge in [-0.1, -0.05) is 0 Å². The number of nitrogens with zero attached hydrogens (tertiary/aromatic N) is 1. The normalized spacial score (nSPS) is 31.4. The molecule has 1 aliphatic heterocycles. The van der Waals surface area contributed by atoms with Crippen LogP contribution in [0, 0.1) is 0 Å². The first-order chi connectivity index (χ1) is 6.48. The highest BCUT2D eigenvalue weighted by atomic mass is 16.5. The van der Waals surface area contributed by atoms with Crippen molar-refractivity contribution >= 4 is 5.97 Å². The molecule has 2 atom stereocenters. The Morgan fingerprint density at radius 1 is 1.64 bits per heavy atom. The molecule has 4 heteroatoms. The topological polar surface area (TPSA) is 49.8 Å². The predicted octanol–water partition coefficient (Wildman–Crippen LogP) is 0.960. The first kappa shape index (κ1) is 11.5. The zero-order valence-corrected chi connectivity index (χ0v) is 9.12. The Bertz CT molecular complexity index is 219. The van der Waals surface area contributed by atoms with Gasteiger partial charge in [0.1, 0.15) is 6.04 Å². The summed E-state index contributed by atoms with van der Waals surface area (Å²) in [6.07, 6.45) is 2.01. The van der Waals surface area contributed by atoms with E-state index in [0.717, 1.165) is 19.4 Å². The van der Waals surface area contributed by atoms with Crippen molar-refractivity contribution in [1.29, 1.82) is 0 Å². The van der Waals surface area contributed by atoms with Crippen LogP contribution in [0.4, 0.5) is 0 Å². The maximum atomic E-state index is 10.8. The Balaban J connectivity index is 2.60. The number of aliphatic carboxylic acids is 1. The van der Waals surface area contributed by atoms with Crippen molar-refractivity contribution in [2.45, 2.75) is 38.3 Å². The lowest BCUT2D eigenvalue weighted by Gasteiger charge is -2.41. The molecule has 1 rings (SSSR count). The lowest BCUT2D eigenvalue weighted by Crippen LogP contribution is -2.52. The fourth-order valence-electron chi connectivity index (χ4n) is 1.90. The first-order valence-electron chi connectivity index (χ1n) is 5.00. The summed E-state index contributed by atoms with van der Waals surface area (Å²) in [5.41, 5.74) is -0.179. The minimum absolute atomic E-state index is 0.179. The number of hydrogen-bond donors (Lipinski definition) is 1. The molecule has 1 heterocycles. The number of piperidine rings is 1. The van der Waals surface area contributed by atoms with Crippen LogP contribution in [0.5, 0.6) is 0 Å². The number of rotatable bonds is 3. The second kappa shape index (κ2) is 4.28. The van der Waals surface area contributed by atoms with Crippen LogP contribution in [0.3, 0.4) is 0 Å². The molecule has 0 aliphatic carbocycles. The third-order valence-corrected chi connectivity index (χ3v) is 3.09. The SMILES string of the molecule is COC1(C)CCCN(C(C)C(=O)O)C1. The summed E-state index contributed by atoms with van der Waals surface area (Å²) in [4.78, 5) is 12.8. The van der Waals surface area contributed by atoms with Crippen LogP contribution in [0.2, 0.25) is 0 Å². The smallest absolute Gasteiger partial charge is 0.320 e. The zero-order valence-electron chi connectivity index (χ0n) is 9.12. The van der Waals surface area contributed by atoms with Crippen LogP contribution < -0.4 is 0 Å². The van der Waals surface area contributed by atoms with E-state index in [1.807, 2.05) is 11.8 Å². The Morgan fingerprint density at radius 3 is 2.79 bits per heavy atom. The van der Waals surface area contributed by atoms with Crippen LogP contribution in [0.15, 0.2) is 0 Å². The maximum absolute atomic E-state index is 10.8. The summed E-state index contributed by atoms with van der Waals surface area (Å²) in [6, 6.07) is -0.412. The second-order valence-corrected chi connectivity index (χ2v) is 4.24. The largest absolute Gasteiger partial charge is 0.480 e. The van der Waals surface area contributed by atoms with Crippen LogP contribution in [-0.2, 0) is 9.53 Å². The molecule has 1 aliphatic rings. The van der Waals surface area contributed by atoms with Crippen molar-refractivity contribution in [2.75, 3.05) is 20.2 Å². The van der Waals surface area contributed by atoms with Crippen molar-refractivity contribution in [2.24, 2.45) is 0 Å². The van der Waals surface area contributed by atoms with Gasteiger partial charge < -0.3 is 9.84 Å². The number of carboxylic acids is 1. The van der Waals surface area contributed by atoms with E-state index >= 15 is 0 Å². The maximum Gasteiger partial charge on any atom is 0.320 e. The fraction of sp³-hybridized carbons (Fsp3) is 0.900. The molecule has 0 bridgehead atoms. The van der Waals surface area contributed by atoms with Gasteiger partial charge in [0.05, 0.1) is 5.60 Å². The molecule has 0 saturated carbocycles. The minimum Gasteiger partial charge on any atom is -0.480 e. The minimum atomic E-state index is -0.759. The second-order valence-electron chi connectivity index (χ2n) is 4.24. The highest BCUT2D eigenvalue weighted by Gasteiger charge is 2.34.